The summed E-state index contributed by atoms with van der Waals surface area (Å²) < 4.78 is 73.1. The van der Waals surface area contributed by atoms with Gasteiger partial charge in [-0.15, -0.1) is 11.3 Å². The Kier molecular flexibility index (Phi) is 4.87. The Balaban J connectivity index is 2.83. The number of carbonyl (C=O) groups excluding carboxylic acids is 1. The molecule has 2 N–H and O–H groups in total. The van der Waals surface area contributed by atoms with Gasteiger partial charge >= 0.3 is 24.2 Å². The lowest BCUT2D eigenvalue weighted by Crippen LogP contribution is -2.47. The predicted octanol–water partition coefficient (Wildman–Crippen LogP) is 2.44. The van der Waals surface area contributed by atoms with E-state index in [1.54, 1.807) is 0 Å². The van der Waals surface area contributed by atoms with Crippen LogP contribution in [0.25, 0.3) is 0 Å². The number of carboxylic acids is 1. The summed E-state index contributed by atoms with van der Waals surface area (Å²) in [6.07, 6.45) is -10.6. The molecule has 0 saturated heterocycles. The smallest absolute Gasteiger partial charge is 0.471 e. The van der Waals surface area contributed by atoms with Crippen LogP contribution in [-0.2, 0) is 22.2 Å². The SMILES string of the molecule is O=C(O)C(Cc1cc(C(F)(F)F)cs1)NC(=O)C(F)(F)F. The van der Waals surface area contributed by atoms with E-state index in [4.69, 9.17) is 5.11 Å². The van der Waals surface area contributed by atoms with E-state index >= 15 is 0 Å². The van der Waals surface area contributed by atoms with E-state index in [9.17, 15) is 35.9 Å². The fraction of sp³-hybridized carbons (Fsp3) is 0.400. The average molecular weight is 335 g/mol. The molecular formula is C10H7F6NO3S. The highest BCUT2D eigenvalue weighted by atomic mass is 32.1. The van der Waals surface area contributed by atoms with Gasteiger partial charge in [-0.1, -0.05) is 0 Å². The third-order valence-electron chi connectivity index (χ3n) is 2.25. The molecule has 0 radical (unpaired) electrons. The van der Waals surface area contributed by atoms with Crippen LogP contribution in [-0.4, -0.2) is 29.2 Å². The Hall–Kier alpha value is -1.78. The zero-order chi connectivity index (χ0) is 16.4. The van der Waals surface area contributed by atoms with E-state index in [1.807, 2.05) is 0 Å². The number of amides is 1. The Morgan fingerprint density at radius 2 is 1.81 bits per heavy atom. The molecule has 0 aliphatic carbocycles. The fourth-order valence-electron chi connectivity index (χ4n) is 1.28. The molecule has 0 aliphatic rings. The maximum absolute atomic E-state index is 12.3. The van der Waals surface area contributed by atoms with Gasteiger partial charge in [0.2, 0.25) is 0 Å². The molecule has 1 heterocycles. The van der Waals surface area contributed by atoms with Crippen LogP contribution >= 0.6 is 11.3 Å². The van der Waals surface area contributed by atoms with E-state index in [0.29, 0.717) is 22.8 Å². The molecule has 1 aromatic rings. The van der Waals surface area contributed by atoms with Crippen LogP contribution in [0.15, 0.2) is 11.4 Å². The third kappa shape index (κ3) is 4.92. The highest BCUT2D eigenvalue weighted by Gasteiger charge is 2.41. The molecule has 1 aromatic heterocycles. The number of thiophene rings is 1. The summed E-state index contributed by atoms with van der Waals surface area (Å²) in [6, 6.07) is -1.35. The standard InChI is InChI=1S/C10H7F6NO3S/c11-9(12,13)4-1-5(21-3-4)2-6(7(18)19)17-8(20)10(14,15)16/h1,3,6H,2H2,(H,17,20)(H,18,19). The van der Waals surface area contributed by atoms with Crippen LogP contribution in [0.3, 0.4) is 0 Å². The topological polar surface area (TPSA) is 66.4 Å². The highest BCUT2D eigenvalue weighted by Crippen LogP contribution is 2.33. The van der Waals surface area contributed by atoms with E-state index in [-0.39, 0.29) is 4.88 Å². The molecule has 0 fully saturated rings. The van der Waals surface area contributed by atoms with Crippen molar-refractivity contribution < 1.29 is 41.0 Å². The Bertz CT molecular complexity index is 536. The summed E-state index contributed by atoms with van der Waals surface area (Å²) >= 11 is 0.541. The van der Waals surface area contributed by atoms with Gasteiger partial charge in [-0.3, -0.25) is 4.79 Å². The molecule has 0 saturated carbocycles. The van der Waals surface area contributed by atoms with Crippen molar-refractivity contribution in [3.8, 4) is 0 Å². The van der Waals surface area contributed by atoms with E-state index in [1.165, 1.54) is 5.32 Å². The highest BCUT2D eigenvalue weighted by molar-refractivity contribution is 7.10. The minimum absolute atomic E-state index is 0.114. The summed E-state index contributed by atoms with van der Waals surface area (Å²) in [5, 5.41) is 10.6. The number of carboxylic acid groups (broad SMARTS) is 1. The first-order valence-corrected chi connectivity index (χ1v) is 6.04. The van der Waals surface area contributed by atoms with Crippen LogP contribution in [0.2, 0.25) is 0 Å². The second-order valence-corrected chi connectivity index (χ2v) is 4.86. The van der Waals surface area contributed by atoms with Crippen LogP contribution < -0.4 is 5.32 Å². The lowest BCUT2D eigenvalue weighted by Gasteiger charge is -2.14. The minimum Gasteiger partial charge on any atom is -0.480 e. The van der Waals surface area contributed by atoms with Gasteiger partial charge in [0.15, 0.2) is 0 Å². The summed E-state index contributed by atoms with van der Waals surface area (Å²) in [4.78, 5) is 21.3. The van der Waals surface area contributed by atoms with Crippen LogP contribution in [0, 0.1) is 0 Å². The first-order chi connectivity index (χ1) is 9.41. The van der Waals surface area contributed by atoms with Crippen molar-refractivity contribution >= 4 is 23.2 Å². The van der Waals surface area contributed by atoms with E-state index in [0.717, 1.165) is 0 Å². The lowest BCUT2D eigenvalue weighted by atomic mass is 10.1. The zero-order valence-corrected chi connectivity index (χ0v) is 10.7. The van der Waals surface area contributed by atoms with Gasteiger partial charge in [-0.25, -0.2) is 4.79 Å². The quantitative estimate of drug-likeness (QED) is 0.831. The molecule has 1 unspecified atom stereocenters. The Labute approximate surface area is 117 Å². The summed E-state index contributed by atoms with van der Waals surface area (Å²) in [5.74, 6) is -4.25. The van der Waals surface area contributed by atoms with Gasteiger partial charge in [0.05, 0.1) is 5.56 Å². The molecule has 1 atom stereocenters. The third-order valence-corrected chi connectivity index (χ3v) is 3.21. The number of halogens is 6. The number of hydrogen-bond acceptors (Lipinski definition) is 3. The second kappa shape index (κ2) is 5.92. The van der Waals surface area contributed by atoms with Crippen molar-refractivity contribution in [1.82, 2.24) is 5.32 Å². The van der Waals surface area contributed by atoms with E-state index in [2.05, 4.69) is 0 Å². The number of carbonyl (C=O) groups is 2. The van der Waals surface area contributed by atoms with Crippen molar-refractivity contribution in [3.05, 3.63) is 21.9 Å². The van der Waals surface area contributed by atoms with E-state index < -0.39 is 42.3 Å². The molecule has 4 nitrogen and oxygen atoms in total. The molecule has 0 aromatic carbocycles. The van der Waals surface area contributed by atoms with Crippen molar-refractivity contribution in [3.63, 3.8) is 0 Å². The first kappa shape index (κ1) is 17.3. The lowest BCUT2D eigenvalue weighted by molar-refractivity contribution is -0.175. The number of hydrogen-bond donors (Lipinski definition) is 2. The number of aliphatic carboxylic acids is 1. The van der Waals surface area contributed by atoms with Crippen molar-refractivity contribution in [2.45, 2.75) is 24.8 Å². The largest absolute Gasteiger partial charge is 0.480 e. The molecular weight excluding hydrogens is 328 g/mol. The maximum Gasteiger partial charge on any atom is 0.471 e. The van der Waals surface area contributed by atoms with Gasteiger partial charge in [-0.2, -0.15) is 26.3 Å². The monoisotopic (exact) mass is 335 g/mol. The molecule has 118 valence electrons. The van der Waals surface area contributed by atoms with Gasteiger partial charge in [0, 0.05) is 16.7 Å². The molecule has 0 spiro atoms. The number of alkyl halides is 6. The van der Waals surface area contributed by atoms with Crippen LogP contribution in [0.5, 0.6) is 0 Å². The molecule has 1 rings (SSSR count). The average Bonchev–Trinajstić information content (AvgIpc) is 2.74. The molecule has 11 heteroatoms. The first-order valence-electron chi connectivity index (χ1n) is 5.16. The minimum atomic E-state index is -5.28. The maximum atomic E-state index is 12.3. The molecule has 1 amide bonds. The van der Waals surface area contributed by atoms with Gasteiger partial charge < -0.3 is 10.4 Å². The number of rotatable bonds is 4. The molecule has 0 aliphatic heterocycles. The second-order valence-electron chi connectivity index (χ2n) is 3.87. The molecule has 0 bridgehead atoms. The Morgan fingerprint density at radius 3 is 2.19 bits per heavy atom. The van der Waals surface area contributed by atoms with Gasteiger partial charge in [0.1, 0.15) is 6.04 Å². The molecule has 21 heavy (non-hydrogen) atoms. The van der Waals surface area contributed by atoms with Crippen molar-refractivity contribution in [1.29, 1.82) is 0 Å². The van der Waals surface area contributed by atoms with Crippen LogP contribution in [0.1, 0.15) is 10.4 Å². The zero-order valence-electron chi connectivity index (χ0n) is 9.88. The summed E-state index contributed by atoms with van der Waals surface area (Å²) in [5.41, 5.74) is -1.03. The van der Waals surface area contributed by atoms with Gasteiger partial charge in [0.25, 0.3) is 0 Å². The van der Waals surface area contributed by atoms with Crippen molar-refractivity contribution in [2.75, 3.05) is 0 Å². The Morgan fingerprint density at radius 1 is 1.24 bits per heavy atom. The normalized spacial score (nSPS) is 13.8. The summed E-state index contributed by atoms with van der Waals surface area (Å²) in [7, 11) is 0. The summed E-state index contributed by atoms with van der Waals surface area (Å²) in [6.45, 7) is 0. The predicted molar refractivity (Wildman–Crippen MR) is 58.6 cm³/mol. The van der Waals surface area contributed by atoms with Crippen molar-refractivity contribution in [2.24, 2.45) is 0 Å². The number of nitrogens with one attached hydrogen (secondary N) is 1. The fourth-order valence-corrected chi connectivity index (χ4v) is 2.22. The van der Waals surface area contributed by atoms with Gasteiger partial charge in [-0.05, 0) is 6.07 Å². The van der Waals surface area contributed by atoms with Crippen LogP contribution in [0.4, 0.5) is 26.3 Å².